The van der Waals surface area contributed by atoms with Crippen LogP contribution >= 0.6 is 11.6 Å². The molecule has 0 radical (unpaired) electrons. The van der Waals surface area contributed by atoms with Crippen LogP contribution in [0.3, 0.4) is 0 Å². The molecule has 1 aliphatic heterocycles. The summed E-state index contributed by atoms with van der Waals surface area (Å²) < 4.78 is 35.3. The first-order chi connectivity index (χ1) is 14.5. The minimum atomic E-state index is -3.72. The zero-order chi connectivity index (χ0) is 21.3. The van der Waals surface area contributed by atoms with E-state index in [1.165, 1.54) is 17.5 Å². The van der Waals surface area contributed by atoms with Gasteiger partial charge in [0.05, 0.1) is 7.11 Å². The summed E-state index contributed by atoms with van der Waals surface area (Å²) in [6.45, 7) is 3.73. The maximum atomic E-state index is 13.2. The summed E-state index contributed by atoms with van der Waals surface area (Å²) in [4.78, 5) is 4.63. The van der Waals surface area contributed by atoms with E-state index < -0.39 is 10.0 Å². The number of aryl methyl sites for hydroxylation is 1. The van der Waals surface area contributed by atoms with Gasteiger partial charge in [-0.2, -0.15) is 4.31 Å². The third kappa shape index (κ3) is 3.73. The maximum Gasteiger partial charge on any atom is 0.247 e. The van der Waals surface area contributed by atoms with E-state index >= 15 is 0 Å². The molecule has 0 unspecified atom stereocenters. The number of aromatic nitrogens is 2. The molecule has 0 aliphatic carbocycles. The van der Waals surface area contributed by atoms with Crippen LogP contribution in [0.5, 0.6) is 5.75 Å². The molecular weight excluding hydrogens is 422 g/mol. The lowest BCUT2D eigenvalue weighted by Gasteiger charge is -2.26. The highest BCUT2D eigenvalue weighted by molar-refractivity contribution is 7.89. The summed E-state index contributed by atoms with van der Waals surface area (Å²) in [5.74, 6) is 0.294. The topological polar surface area (TPSA) is 64.4 Å². The summed E-state index contributed by atoms with van der Waals surface area (Å²) in [7, 11) is -2.26. The molecule has 8 heteroatoms. The van der Waals surface area contributed by atoms with Crippen LogP contribution in [0, 0.1) is 0 Å². The number of hydrogen-bond donors (Lipinski definition) is 0. The van der Waals surface area contributed by atoms with Crippen LogP contribution in [0.15, 0.2) is 53.7 Å². The smallest absolute Gasteiger partial charge is 0.247 e. The van der Waals surface area contributed by atoms with Crippen LogP contribution in [0.2, 0.25) is 5.02 Å². The Kier molecular flexibility index (Phi) is 5.86. The van der Waals surface area contributed by atoms with Crippen molar-refractivity contribution in [1.29, 1.82) is 0 Å². The molecule has 3 heterocycles. The zero-order valence-electron chi connectivity index (χ0n) is 17.0. The molecule has 30 heavy (non-hydrogen) atoms. The Bertz CT molecular complexity index is 1220. The lowest BCUT2D eigenvalue weighted by Crippen LogP contribution is -2.34. The molecule has 0 spiro atoms. The SMILES string of the molecule is CCCn1cc(C2=CCN(S(=O)(=O)c3cc(Cl)ccc3OC)CC2)c2cccnc21. The molecule has 4 rings (SSSR count). The maximum absolute atomic E-state index is 13.2. The number of pyridine rings is 1. The molecule has 0 bridgehead atoms. The molecule has 3 aromatic rings. The van der Waals surface area contributed by atoms with Crippen molar-refractivity contribution in [2.24, 2.45) is 0 Å². The van der Waals surface area contributed by atoms with Gasteiger partial charge >= 0.3 is 0 Å². The first-order valence-electron chi connectivity index (χ1n) is 9.92. The number of hydrogen-bond acceptors (Lipinski definition) is 4. The lowest BCUT2D eigenvalue weighted by atomic mass is 10.0. The number of fused-ring (bicyclic) bond motifs is 1. The van der Waals surface area contributed by atoms with Crippen LogP contribution in [0.4, 0.5) is 0 Å². The van der Waals surface area contributed by atoms with Gasteiger partial charge in [0.15, 0.2) is 0 Å². The van der Waals surface area contributed by atoms with Crippen molar-refractivity contribution in [2.75, 3.05) is 20.2 Å². The number of rotatable bonds is 6. The van der Waals surface area contributed by atoms with Crippen LogP contribution in [-0.4, -0.2) is 42.5 Å². The molecule has 0 atom stereocenters. The fourth-order valence-electron chi connectivity index (χ4n) is 3.89. The molecule has 0 N–H and O–H groups in total. The molecule has 0 fully saturated rings. The Balaban J connectivity index is 1.66. The quantitative estimate of drug-likeness (QED) is 0.556. The predicted molar refractivity (Wildman–Crippen MR) is 119 cm³/mol. The van der Waals surface area contributed by atoms with Gasteiger partial charge < -0.3 is 9.30 Å². The molecule has 0 amide bonds. The lowest BCUT2D eigenvalue weighted by molar-refractivity contribution is 0.395. The molecule has 0 saturated carbocycles. The van der Waals surface area contributed by atoms with Crippen molar-refractivity contribution < 1.29 is 13.2 Å². The Morgan fingerprint density at radius 1 is 1.27 bits per heavy atom. The molecule has 0 saturated heterocycles. The van der Waals surface area contributed by atoms with Crippen molar-refractivity contribution in [1.82, 2.24) is 13.9 Å². The van der Waals surface area contributed by atoms with Crippen molar-refractivity contribution in [2.45, 2.75) is 31.2 Å². The predicted octanol–water partition coefficient (Wildman–Crippen LogP) is 4.59. The molecule has 1 aliphatic rings. The fourth-order valence-corrected chi connectivity index (χ4v) is 5.69. The van der Waals surface area contributed by atoms with Crippen LogP contribution in [0.25, 0.3) is 16.6 Å². The van der Waals surface area contributed by atoms with Gasteiger partial charge in [-0.05, 0) is 48.7 Å². The van der Waals surface area contributed by atoms with Gasteiger partial charge in [0.25, 0.3) is 0 Å². The highest BCUT2D eigenvalue weighted by Gasteiger charge is 2.30. The van der Waals surface area contributed by atoms with Gasteiger partial charge in [0.1, 0.15) is 16.3 Å². The average Bonchev–Trinajstić information content (AvgIpc) is 3.13. The van der Waals surface area contributed by atoms with Gasteiger partial charge in [-0.15, -0.1) is 0 Å². The average molecular weight is 446 g/mol. The number of sulfonamides is 1. The largest absolute Gasteiger partial charge is 0.495 e. The highest BCUT2D eigenvalue weighted by Crippen LogP contribution is 2.34. The third-order valence-corrected chi connectivity index (χ3v) is 7.48. The summed E-state index contributed by atoms with van der Waals surface area (Å²) in [6.07, 6.45) is 7.59. The van der Waals surface area contributed by atoms with Gasteiger partial charge in [0.2, 0.25) is 10.0 Å². The molecule has 1 aromatic carbocycles. The molecule has 158 valence electrons. The normalized spacial score (nSPS) is 15.4. The van der Waals surface area contributed by atoms with Gasteiger partial charge in [-0.3, -0.25) is 0 Å². The first-order valence-corrected chi connectivity index (χ1v) is 11.7. The fraction of sp³-hybridized carbons (Fsp3) is 0.318. The van der Waals surface area contributed by atoms with Gasteiger partial charge in [-0.25, -0.2) is 13.4 Å². The van der Waals surface area contributed by atoms with Gasteiger partial charge in [-0.1, -0.05) is 24.6 Å². The second-order valence-electron chi connectivity index (χ2n) is 7.25. The van der Waals surface area contributed by atoms with E-state index in [2.05, 4.69) is 28.7 Å². The van der Waals surface area contributed by atoms with Crippen LogP contribution in [-0.2, 0) is 16.6 Å². The van der Waals surface area contributed by atoms with E-state index in [4.69, 9.17) is 16.3 Å². The standard InChI is InChI=1S/C22H24ClN3O3S/c1-3-11-25-15-19(18-5-4-10-24-22(18)25)16-8-12-26(13-9-16)30(27,28)21-14-17(23)6-7-20(21)29-2/h4-8,10,14-15H,3,9,11-13H2,1-2H3. The van der Waals surface area contributed by atoms with Crippen LogP contribution in [0.1, 0.15) is 25.3 Å². The van der Waals surface area contributed by atoms with Crippen LogP contribution < -0.4 is 4.74 Å². The summed E-state index contributed by atoms with van der Waals surface area (Å²) >= 11 is 6.05. The van der Waals surface area contributed by atoms with Crippen molar-refractivity contribution in [3.05, 3.63) is 59.4 Å². The molecule has 6 nitrogen and oxygen atoms in total. The number of benzene rings is 1. The molecule has 2 aromatic heterocycles. The van der Waals surface area contributed by atoms with Crippen molar-refractivity contribution >= 4 is 38.2 Å². The van der Waals surface area contributed by atoms with E-state index in [-0.39, 0.29) is 4.90 Å². The number of nitrogens with zero attached hydrogens (tertiary/aromatic N) is 3. The number of methoxy groups -OCH3 is 1. The summed E-state index contributed by atoms with van der Waals surface area (Å²) in [5, 5.41) is 1.46. The Labute approximate surface area is 181 Å². The highest BCUT2D eigenvalue weighted by atomic mass is 35.5. The van der Waals surface area contributed by atoms with E-state index in [1.54, 1.807) is 18.3 Å². The minimum absolute atomic E-state index is 0.0955. The second-order valence-corrected chi connectivity index (χ2v) is 9.59. The monoisotopic (exact) mass is 445 g/mol. The minimum Gasteiger partial charge on any atom is -0.495 e. The van der Waals surface area contributed by atoms with E-state index in [0.29, 0.717) is 30.3 Å². The Morgan fingerprint density at radius 2 is 2.10 bits per heavy atom. The van der Waals surface area contributed by atoms with E-state index in [0.717, 1.165) is 35.1 Å². The Morgan fingerprint density at radius 3 is 2.80 bits per heavy atom. The Hall–Kier alpha value is -2.35. The summed E-state index contributed by atoms with van der Waals surface area (Å²) in [5.41, 5.74) is 3.24. The summed E-state index contributed by atoms with van der Waals surface area (Å²) in [6, 6.07) is 8.65. The van der Waals surface area contributed by atoms with Crippen molar-refractivity contribution in [3.63, 3.8) is 0 Å². The first kappa shape index (κ1) is 20.9. The van der Waals surface area contributed by atoms with E-state index in [9.17, 15) is 8.42 Å². The number of ether oxygens (including phenoxy) is 1. The number of halogens is 1. The molecular formula is C22H24ClN3O3S. The van der Waals surface area contributed by atoms with Crippen molar-refractivity contribution in [3.8, 4) is 5.75 Å². The zero-order valence-corrected chi connectivity index (χ0v) is 18.6. The van der Waals surface area contributed by atoms with E-state index in [1.807, 2.05) is 12.1 Å². The van der Waals surface area contributed by atoms with Gasteiger partial charge in [0, 0.05) is 48.0 Å². The third-order valence-electron chi connectivity index (χ3n) is 5.36. The second kappa shape index (κ2) is 8.41.